The van der Waals surface area contributed by atoms with Crippen LogP contribution in [-0.4, -0.2) is 18.9 Å². The Hall–Kier alpha value is -1.45. The minimum absolute atomic E-state index is 0.220. The highest BCUT2D eigenvalue weighted by Gasteiger charge is 2.05. The van der Waals surface area contributed by atoms with E-state index in [1.165, 1.54) is 16.0 Å². The molecule has 0 aliphatic carbocycles. The van der Waals surface area contributed by atoms with Gasteiger partial charge in [-0.3, -0.25) is 0 Å². The maximum absolute atomic E-state index is 6.22. The third kappa shape index (κ3) is 5.44. The van der Waals surface area contributed by atoms with Gasteiger partial charge in [0, 0.05) is 16.7 Å². The lowest BCUT2D eigenvalue weighted by Crippen LogP contribution is -2.23. The molecule has 0 aliphatic rings. The van der Waals surface area contributed by atoms with Crippen molar-refractivity contribution in [1.82, 2.24) is 0 Å². The predicted octanol–water partition coefficient (Wildman–Crippen LogP) is 4.06. The molecule has 0 aromatic heterocycles. The molecule has 0 fully saturated rings. The first kappa shape index (κ1) is 15.9. The number of hydrogen-bond acceptors (Lipinski definition) is 3. The highest BCUT2D eigenvalue weighted by atomic mass is 32.2. The molecular formula is C18H23NOS. The Morgan fingerprint density at radius 3 is 2.57 bits per heavy atom. The quantitative estimate of drug-likeness (QED) is 0.783. The van der Waals surface area contributed by atoms with Gasteiger partial charge in [-0.25, -0.2) is 0 Å². The summed E-state index contributed by atoms with van der Waals surface area (Å²) >= 11 is 1.84. The summed E-state index contributed by atoms with van der Waals surface area (Å²) in [6.07, 6.45) is 2.02. The van der Waals surface area contributed by atoms with E-state index in [4.69, 9.17) is 10.5 Å². The molecule has 2 N–H and O–H groups in total. The highest BCUT2D eigenvalue weighted by Crippen LogP contribution is 2.20. The number of methoxy groups -OCH3 is 1. The van der Waals surface area contributed by atoms with Crippen molar-refractivity contribution in [1.29, 1.82) is 0 Å². The van der Waals surface area contributed by atoms with Crippen molar-refractivity contribution >= 4 is 11.8 Å². The van der Waals surface area contributed by atoms with E-state index >= 15 is 0 Å². The molecule has 1 atom stereocenters. The fourth-order valence-electron chi connectivity index (χ4n) is 2.14. The SMILES string of the molecule is COc1ccc(CCC(N)CSc2cccc(C)c2)cc1. The van der Waals surface area contributed by atoms with Gasteiger partial charge >= 0.3 is 0 Å². The van der Waals surface area contributed by atoms with Gasteiger partial charge in [-0.05, 0) is 49.6 Å². The first-order valence-electron chi connectivity index (χ1n) is 7.25. The molecule has 3 heteroatoms. The Kier molecular flexibility index (Phi) is 6.15. The van der Waals surface area contributed by atoms with Crippen molar-refractivity contribution in [3.05, 3.63) is 59.7 Å². The minimum atomic E-state index is 0.220. The second-order valence-electron chi connectivity index (χ2n) is 5.27. The highest BCUT2D eigenvalue weighted by molar-refractivity contribution is 7.99. The molecular weight excluding hydrogens is 278 g/mol. The van der Waals surface area contributed by atoms with Crippen LogP contribution in [0.15, 0.2) is 53.4 Å². The van der Waals surface area contributed by atoms with Crippen LogP contribution in [0.2, 0.25) is 0 Å². The molecule has 0 aliphatic heterocycles. The van der Waals surface area contributed by atoms with Crippen LogP contribution in [0.4, 0.5) is 0 Å². The summed E-state index contributed by atoms with van der Waals surface area (Å²) in [5.74, 6) is 1.86. The van der Waals surface area contributed by atoms with Crippen LogP contribution in [0.25, 0.3) is 0 Å². The molecule has 21 heavy (non-hydrogen) atoms. The number of thioether (sulfide) groups is 1. The molecule has 0 saturated heterocycles. The average Bonchev–Trinajstić information content (AvgIpc) is 2.51. The van der Waals surface area contributed by atoms with E-state index in [1.54, 1.807) is 7.11 Å². The molecule has 1 unspecified atom stereocenters. The first-order chi connectivity index (χ1) is 10.2. The topological polar surface area (TPSA) is 35.2 Å². The second kappa shape index (κ2) is 8.11. The van der Waals surface area contributed by atoms with Gasteiger partial charge in [0.2, 0.25) is 0 Å². The van der Waals surface area contributed by atoms with Crippen LogP contribution < -0.4 is 10.5 Å². The lowest BCUT2D eigenvalue weighted by atomic mass is 10.1. The van der Waals surface area contributed by atoms with E-state index in [2.05, 4.69) is 43.3 Å². The van der Waals surface area contributed by atoms with E-state index in [9.17, 15) is 0 Å². The summed E-state index contributed by atoms with van der Waals surface area (Å²) in [6.45, 7) is 2.12. The Morgan fingerprint density at radius 2 is 1.90 bits per heavy atom. The smallest absolute Gasteiger partial charge is 0.118 e. The fourth-order valence-corrected chi connectivity index (χ4v) is 3.15. The van der Waals surface area contributed by atoms with Gasteiger partial charge in [-0.15, -0.1) is 11.8 Å². The summed E-state index contributed by atoms with van der Waals surface area (Å²) in [5, 5.41) is 0. The Balaban J connectivity index is 1.75. The van der Waals surface area contributed by atoms with Gasteiger partial charge < -0.3 is 10.5 Å². The van der Waals surface area contributed by atoms with Crippen molar-refractivity contribution in [3.63, 3.8) is 0 Å². The molecule has 112 valence electrons. The van der Waals surface area contributed by atoms with Crippen LogP contribution in [-0.2, 0) is 6.42 Å². The van der Waals surface area contributed by atoms with Crippen LogP contribution >= 0.6 is 11.8 Å². The zero-order chi connectivity index (χ0) is 15.1. The molecule has 0 amide bonds. The maximum Gasteiger partial charge on any atom is 0.118 e. The molecule has 0 radical (unpaired) electrons. The number of nitrogens with two attached hydrogens (primary N) is 1. The number of aryl methyl sites for hydroxylation is 2. The largest absolute Gasteiger partial charge is 0.497 e. The molecule has 2 aromatic carbocycles. The third-order valence-electron chi connectivity index (χ3n) is 3.42. The molecule has 0 bridgehead atoms. The van der Waals surface area contributed by atoms with Gasteiger partial charge in [0.1, 0.15) is 5.75 Å². The number of rotatable bonds is 7. The van der Waals surface area contributed by atoms with Crippen molar-refractivity contribution in [2.45, 2.75) is 30.7 Å². The Labute approximate surface area is 131 Å². The summed E-state index contributed by atoms with van der Waals surface area (Å²) in [4.78, 5) is 1.30. The van der Waals surface area contributed by atoms with Crippen molar-refractivity contribution < 1.29 is 4.74 Å². The number of hydrogen-bond donors (Lipinski definition) is 1. The van der Waals surface area contributed by atoms with E-state index in [-0.39, 0.29) is 6.04 Å². The molecule has 0 heterocycles. The minimum Gasteiger partial charge on any atom is -0.497 e. The van der Waals surface area contributed by atoms with Gasteiger partial charge in [-0.2, -0.15) is 0 Å². The lowest BCUT2D eigenvalue weighted by molar-refractivity contribution is 0.414. The summed E-state index contributed by atoms with van der Waals surface area (Å²) < 4.78 is 5.16. The molecule has 2 rings (SSSR count). The third-order valence-corrected chi connectivity index (χ3v) is 4.60. The molecule has 0 saturated carbocycles. The fraction of sp³-hybridized carbons (Fsp3) is 0.333. The Morgan fingerprint density at radius 1 is 1.14 bits per heavy atom. The summed E-state index contributed by atoms with van der Waals surface area (Å²) in [6, 6.07) is 17.0. The normalized spacial score (nSPS) is 12.1. The summed E-state index contributed by atoms with van der Waals surface area (Å²) in [7, 11) is 1.69. The zero-order valence-corrected chi connectivity index (χ0v) is 13.5. The van der Waals surface area contributed by atoms with Crippen molar-refractivity contribution in [2.75, 3.05) is 12.9 Å². The first-order valence-corrected chi connectivity index (χ1v) is 8.24. The van der Waals surface area contributed by atoms with Gasteiger partial charge in [0.25, 0.3) is 0 Å². The lowest BCUT2D eigenvalue weighted by Gasteiger charge is -2.11. The maximum atomic E-state index is 6.22. The van der Waals surface area contributed by atoms with E-state index < -0.39 is 0 Å². The van der Waals surface area contributed by atoms with Gasteiger partial charge in [0.15, 0.2) is 0 Å². The van der Waals surface area contributed by atoms with Crippen molar-refractivity contribution in [2.24, 2.45) is 5.73 Å². The van der Waals surface area contributed by atoms with E-state index in [0.717, 1.165) is 24.3 Å². The van der Waals surface area contributed by atoms with Crippen LogP contribution in [0.1, 0.15) is 17.5 Å². The predicted molar refractivity (Wildman–Crippen MR) is 91.2 cm³/mol. The number of benzene rings is 2. The molecule has 2 nitrogen and oxygen atoms in total. The van der Waals surface area contributed by atoms with Gasteiger partial charge in [0.05, 0.1) is 7.11 Å². The van der Waals surface area contributed by atoms with Crippen molar-refractivity contribution in [3.8, 4) is 5.75 Å². The monoisotopic (exact) mass is 301 g/mol. The Bertz CT molecular complexity index is 553. The standard InChI is InChI=1S/C18H23NOS/c1-14-4-3-5-18(12-14)21-13-16(19)9-6-15-7-10-17(20-2)11-8-15/h3-5,7-8,10-12,16H,6,9,13,19H2,1-2H3. The molecule has 0 spiro atoms. The average molecular weight is 301 g/mol. The van der Waals surface area contributed by atoms with Crippen LogP contribution in [0.5, 0.6) is 5.75 Å². The zero-order valence-electron chi connectivity index (χ0n) is 12.7. The van der Waals surface area contributed by atoms with E-state index in [1.807, 2.05) is 23.9 Å². The van der Waals surface area contributed by atoms with E-state index in [0.29, 0.717) is 0 Å². The van der Waals surface area contributed by atoms with Crippen LogP contribution in [0, 0.1) is 6.92 Å². The molecule has 2 aromatic rings. The van der Waals surface area contributed by atoms with Crippen LogP contribution in [0.3, 0.4) is 0 Å². The van der Waals surface area contributed by atoms with Gasteiger partial charge in [-0.1, -0.05) is 29.8 Å². The second-order valence-corrected chi connectivity index (χ2v) is 6.37. The number of ether oxygens (including phenoxy) is 1. The summed E-state index contributed by atoms with van der Waals surface area (Å²) in [5.41, 5.74) is 8.83.